The molecule has 0 amide bonds. The van der Waals surface area contributed by atoms with Gasteiger partial charge in [-0.15, -0.1) is 0 Å². The fourth-order valence-electron chi connectivity index (χ4n) is 2.26. The smallest absolute Gasteiger partial charge is 0.161 e. The van der Waals surface area contributed by atoms with Gasteiger partial charge in [-0.3, -0.25) is 10.4 Å². The number of nitrogens with one attached hydrogen (secondary N) is 1. The average Bonchev–Trinajstić information content (AvgIpc) is 2.77. The molecule has 21 heavy (non-hydrogen) atoms. The Morgan fingerprint density at radius 2 is 2.19 bits per heavy atom. The normalized spacial score (nSPS) is 28.6. The Balaban J connectivity index is 2.37. The summed E-state index contributed by atoms with van der Waals surface area (Å²) in [5.74, 6) is 0.294. The third-order valence-corrected chi connectivity index (χ3v) is 3.53. The highest BCUT2D eigenvalue weighted by Gasteiger charge is 2.45. The fraction of sp³-hybridized carbons (Fsp3) is 0.583. The van der Waals surface area contributed by atoms with E-state index in [0.717, 1.165) is 0 Å². The molecular formula is C12H19N5O4. The summed E-state index contributed by atoms with van der Waals surface area (Å²) in [4.78, 5) is 9.42. The van der Waals surface area contributed by atoms with Gasteiger partial charge in [0.1, 0.15) is 24.0 Å². The number of ether oxygens (including phenoxy) is 1. The summed E-state index contributed by atoms with van der Waals surface area (Å²) >= 11 is 0. The van der Waals surface area contributed by atoms with Crippen LogP contribution in [0.3, 0.4) is 0 Å². The summed E-state index contributed by atoms with van der Waals surface area (Å²) in [6.07, 6.45) is -2.75. The molecule has 1 aromatic rings. The summed E-state index contributed by atoms with van der Waals surface area (Å²) in [6.45, 7) is 3.02. The molecule has 2 rings (SSSR count). The van der Waals surface area contributed by atoms with Gasteiger partial charge in [0.2, 0.25) is 0 Å². The molecule has 4 N–H and O–H groups in total. The van der Waals surface area contributed by atoms with E-state index in [4.69, 9.17) is 15.3 Å². The van der Waals surface area contributed by atoms with E-state index >= 15 is 0 Å². The van der Waals surface area contributed by atoms with Gasteiger partial charge in [0.15, 0.2) is 17.5 Å². The van der Waals surface area contributed by atoms with Gasteiger partial charge in [0.05, 0.1) is 12.9 Å². The van der Waals surface area contributed by atoms with Crippen LogP contribution in [0.1, 0.15) is 0 Å². The van der Waals surface area contributed by atoms with E-state index < -0.39 is 31.1 Å². The Bertz CT molecular complexity index is 590. The number of aliphatic hydroxyl groups is 3. The first-order chi connectivity index (χ1) is 9.92. The van der Waals surface area contributed by atoms with Crippen LogP contribution >= 0.6 is 0 Å². The lowest BCUT2D eigenvalue weighted by Crippen LogP contribution is -2.43. The molecule has 2 unspecified atom stereocenters. The van der Waals surface area contributed by atoms with Gasteiger partial charge >= 0.3 is 0 Å². The van der Waals surface area contributed by atoms with Crippen LogP contribution in [0.15, 0.2) is 11.3 Å². The Labute approximate surface area is 121 Å². The third kappa shape index (κ3) is 2.56. The second-order valence-electron chi connectivity index (χ2n) is 4.87. The number of hydrogen-bond donors (Lipinski definition) is 4. The van der Waals surface area contributed by atoms with Gasteiger partial charge in [-0.05, 0) is 6.72 Å². The number of likely N-dealkylation sites (N-methyl/N-ethyl adjacent to an activating group) is 1. The number of aryl methyl sites for hydroxylation is 1. The number of aliphatic imine (C=N–C) groups is 1. The maximum Gasteiger partial charge on any atom is 0.161 e. The maximum absolute atomic E-state index is 10.0. The molecule has 1 aromatic heterocycles. The first-order valence-electron chi connectivity index (χ1n) is 6.34. The van der Waals surface area contributed by atoms with E-state index in [9.17, 15) is 10.2 Å². The summed E-state index contributed by atoms with van der Waals surface area (Å²) < 4.78 is 6.90. The van der Waals surface area contributed by atoms with Crippen molar-refractivity contribution in [3.63, 3.8) is 0 Å². The van der Waals surface area contributed by atoms with Crippen LogP contribution in [-0.2, 0) is 11.8 Å². The SMILES string of the molecule is C=Nc1c(N(C)[C@@H]2O[C@H](CO)C(O)C2O)ncn(C)c1=N. The van der Waals surface area contributed by atoms with Crippen molar-refractivity contribution in [1.29, 1.82) is 5.41 Å². The highest BCUT2D eigenvalue weighted by molar-refractivity contribution is 5.63. The second-order valence-corrected chi connectivity index (χ2v) is 4.87. The van der Waals surface area contributed by atoms with Crippen molar-refractivity contribution in [2.45, 2.75) is 24.5 Å². The summed E-state index contributed by atoms with van der Waals surface area (Å²) in [6, 6.07) is 0. The summed E-state index contributed by atoms with van der Waals surface area (Å²) in [5.41, 5.74) is 0.342. The first-order valence-corrected chi connectivity index (χ1v) is 6.34. The zero-order chi connectivity index (χ0) is 15.7. The van der Waals surface area contributed by atoms with Gasteiger partial charge in [-0.2, -0.15) is 0 Å². The van der Waals surface area contributed by atoms with Crippen LogP contribution in [-0.4, -0.2) is 69.8 Å². The Morgan fingerprint density at radius 3 is 2.71 bits per heavy atom. The lowest BCUT2D eigenvalue weighted by Gasteiger charge is -2.28. The Kier molecular flexibility index (Phi) is 4.37. The first kappa shape index (κ1) is 15.6. The largest absolute Gasteiger partial charge is 0.394 e. The minimum atomic E-state index is -1.21. The lowest BCUT2D eigenvalue weighted by molar-refractivity contribution is -0.0213. The van der Waals surface area contributed by atoms with Crippen LogP contribution in [0.4, 0.5) is 11.5 Å². The minimum Gasteiger partial charge on any atom is -0.394 e. The predicted octanol–water partition coefficient (Wildman–Crippen LogP) is -1.89. The number of aliphatic hydroxyl groups excluding tert-OH is 3. The third-order valence-electron chi connectivity index (χ3n) is 3.53. The van der Waals surface area contributed by atoms with Crippen LogP contribution in [0, 0.1) is 5.41 Å². The summed E-state index contributed by atoms with van der Waals surface area (Å²) in [7, 11) is 3.25. The van der Waals surface area contributed by atoms with E-state index in [-0.39, 0.29) is 11.2 Å². The standard InChI is InChI=1S/C12H19N5O4/c1-14-7-10(13)16(2)5-15-11(7)17(3)12-9(20)8(19)6(4-18)21-12/h5-6,8-9,12-13,18-20H,1,4H2,2-3H3/t6-,8?,9?,12-/m1/s1. The van der Waals surface area contributed by atoms with E-state index in [0.29, 0.717) is 5.82 Å². The van der Waals surface area contributed by atoms with E-state index in [1.807, 2.05) is 0 Å². The van der Waals surface area contributed by atoms with Crippen LogP contribution in [0.5, 0.6) is 0 Å². The second kappa shape index (κ2) is 5.90. The molecule has 2 heterocycles. The fourth-order valence-corrected chi connectivity index (χ4v) is 2.26. The van der Waals surface area contributed by atoms with E-state index in [1.165, 1.54) is 15.8 Å². The number of hydrogen-bond acceptors (Lipinski definition) is 8. The Hall–Kier alpha value is -1.81. The van der Waals surface area contributed by atoms with Gasteiger partial charge in [0, 0.05) is 14.1 Å². The molecule has 0 bridgehead atoms. The van der Waals surface area contributed by atoms with Gasteiger partial charge in [-0.25, -0.2) is 4.98 Å². The molecule has 9 nitrogen and oxygen atoms in total. The molecule has 116 valence electrons. The topological polar surface area (TPSA) is 127 Å². The summed E-state index contributed by atoms with van der Waals surface area (Å²) in [5, 5.41) is 36.9. The van der Waals surface area contributed by atoms with Crippen molar-refractivity contribution in [2.24, 2.45) is 12.0 Å². The van der Waals surface area contributed by atoms with Crippen molar-refractivity contribution in [2.75, 3.05) is 18.6 Å². The average molecular weight is 297 g/mol. The van der Waals surface area contributed by atoms with E-state index in [2.05, 4.69) is 16.7 Å². The number of rotatable bonds is 4. The zero-order valence-electron chi connectivity index (χ0n) is 11.8. The van der Waals surface area contributed by atoms with Crippen molar-refractivity contribution in [3.05, 3.63) is 11.8 Å². The molecular weight excluding hydrogens is 278 g/mol. The van der Waals surface area contributed by atoms with Gasteiger partial charge in [-0.1, -0.05) is 0 Å². The lowest BCUT2D eigenvalue weighted by atomic mass is 10.1. The molecule has 4 atom stereocenters. The molecule has 1 saturated heterocycles. The van der Waals surface area contributed by atoms with Crippen molar-refractivity contribution < 1.29 is 20.1 Å². The highest BCUT2D eigenvalue weighted by atomic mass is 16.6. The molecule has 0 aromatic carbocycles. The van der Waals surface area contributed by atoms with Crippen LogP contribution in [0.2, 0.25) is 0 Å². The molecule has 0 aliphatic carbocycles. The van der Waals surface area contributed by atoms with Crippen molar-refractivity contribution in [3.8, 4) is 0 Å². The van der Waals surface area contributed by atoms with Crippen LogP contribution in [0.25, 0.3) is 0 Å². The highest BCUT2D eigenvalue weighted by Crippen LogP contribution is 2.29. The van der Waals surface area contributed by atoms with Crippen molar-refractivity contribution >= 4 is 18.2 Å². The molecule has 0 saturated carbocycles. The quantitative estimate of drug-likeness (QED) is 0.481. The number of nitrogens with zero attached hydrogens (tertiary/aromatic N) is 4. The van der Waals surface area contributed by atoms with Gasteiger partial charge in [0.25, 0.3) is 0 Å². The monoisotopic (exact) mass is 297 g/mol. The van der Waals surface area contributed by atoms with E-state index in [1.54, 1.807) is 14.1 Å². The number of anilines is 1. The minimum absolute atomic E-state index is 0.105. The predicted molar refractivity (Wildman–Crippen MR) is 74.4 cm³/mol. The Morgan fingerprint density at radius 1 is 1.52 bits per heavy atom. The molecule has 0 spiro atoms. The number of aromatic nitrogens is 2. The maximum atomic E-state index is 10.0. The van der Waals surface area contributed by atoms with Gasteiger partial charge < -0.3 is 29.5 Å². The molecule has 1 aliphatic rings. The molecule has 1 aliphatic heterocycles. The zero-order valence-corrected chi connectivity index (χ0v) is 11.8. The van der Waals surface area contributed by atoms with Crippen molar-refractivity contribution in [1.82, 2.24) is 9.55 Å². The molecule has 9 heteroatoms. The van der Waals surface area contributed by atoms with Crippen LogP contribution < -0.4 is 10.4 Å². The molecule has 1 fully saturated rings. The molecule has 0 radical (unpaired) electrons.